The van der Waals surface area contributed by atoms with Crippen LogP contribution in [0.4, 0.5) is 4.79 Å². The average Bonchev–Trinajstić information content (AvgIpc) is 2.37. The highest BCUT2D eigenvalue weighted by molar-refractivity contribution is 5.88. The zero-order chi connectivity index (χ0) is 16.1. The molecule has 0 bridgehead atoms. The number of hydrogen-bond donors (Lipinski definition) is 2. The maximum absolute atomic E-state index is 12.1. The van der Waals surface area contributed by atoms with E-state index < -0.39 is 5.60 Å². The first-order chi connectivity index (χ1) is 9.69. The molecule has 0 saturated carbocycles. The Morgan fingerprint density at radius 3 is 2.62 bits per heavy atom. The number of carbonyl (C=O) groups is 1. The van der Waals surface area contributed by atoms with Crippen LogP contribution in [0.3, 0.4) is 0 Å². The smallest absolute Gasteiger partial charge is 0.410 e. The third-order valence-electron chi connectivity index (χ3n) is 3.55. The van der Waals surface area contributed by atoms with E-state index in [1.807, 2.05) is 20.8 Å². The third kappa shape index (κ3) is 5.91. The van der Waals surface area contributed by atoms with Crippen LogP contribution in [-0.4, -0.2) is 59.3 Å². The minimum absolute atomic E-state index is 0.125. The predicted molar refractivity (Wildman–Crippen MR) is 83.6 cm³/mol. The molecule has 0 spiro atoms. The van der Waals surface area contributed by atoms with Crippen molar-refractivity contribution in [2.24, 2.45) is 4.99 Å². The zero-order valence-corrected chi connectivity index (χ0v) is 13.9. The summed E-state index contributed by atoms with van der Waals surface area (Å²) >= 11 is 0. The fourth-order valence-electron chi connectivity index (χ4n) is 2.10. The lowest BCUT2D eigenvalue weighted by Gasteiger charge is -2.35. The summed E-state index contributed by atoms with van der Waals surface area (Å²) in [6.45, 7) is 11.4. The fraction of sp³-hybridized carbons (Fsp3) is 0.867. The molecule has 6 nitrogen and oxygen atoms in total. The van der Waals surface area contributed by atoms with Crippen molar-refractivity contribution in [3.63, 3.8) is 0 Å². The summed E-state index contributed by atoms with van der Waals surface area (Å²) in [5, 5.41) is 12.5. The van der Waals surface area contributed by atoms with Gasteiger partial charge < -0.3 is 15.2 Å². The first-order valence-electron chi connectivity index (χ1n) is 7.59. The van der Waals surface area contributed by atoms with Gasteiger partial charge in [0.2, 0.25) is 0 Å². The highest BCUT2D eigenvalue weighted by Gasteiger charge is 2.28. The number of nitrogens with zero attached hydrogens (tertiary/aromatic N) is 2. The summed E-state index contributed by atoms with van der Waals surface area (Å²) in [6, 6.07) is 0. The molecule has 1 aliphatic rings. The summed E-state index contributed by atoms with van der Waals surface area (Å²) in [7, 11) is 0. The lowest BCUT2D eigenvalue weighted by atomic mass is 9.95. The molecule has 1 rings (SSSR count). The Kier molecular flexibility index (Phi) is 6.01. The molecule has 0 radical (unpaired) electrons. The Labute approximate surface area is 127 Å². The van der Waals surface area contributed by atoms with Crippen LogP contribution in [0.1, 0.15) is 47.5 Å². The van der Waals surface area contributed by atoms with Crippen LogP contribution in [0.5, 0.6) is 0 Å². The van der Waals surface area contributed by atoms with E-state index >= 15 is 0 Å². The average molecular weight is 299 g/mol. The van der Waals surface area contributed by atoms with E-state index in [9.17, 15) is 4.79 Å². The van der Waals surface area contributed by atoms with Gasteiger partial charge in [-0.15, -0.1) is 0 Å². The molecule has 0 fully saturated rings. The Bertz CT molecular complexity index is 390. The summed E-state index contributed by atoms with van der Waals surface area (Å²) in [5.74, 6) is 0.782. The molecule has 2 N–H and O–H groups in total. The SMILES string of the molecule is CCC(C)(CCO)NC1=NCCN(C(=O)OC(C)(C)C)C1. The van der Waals surface area contributed by atoms with E-state index in [2.05, 4.69) is 24.2 Å². The molecule has 0 aliphatic carbocycles. The molecule has 1 atom stereocenters. The van der Waals surface area contributed by atoms with Crippen molar-refractivity contribution < 1.29 is 14.6 Å². The number of hydrogen-bond acceptors (Lipinski definition) is 5. The predicted octanol–water partition coefficient (Wildman–Crippen LogP) is 1.78. The maximum Gasteiger partial charge on any atom is 0.410 e. The number of carbonyl (C=O) groups excluding carboxylic acids is 1. The first-order valence-corrected chi connectivity index (χ1v) is 7.59. The molecular weight excluding hydrogens is 270 g/mol. The van der Waals surface area contributed by atoms with Gasteiger partial charge in [-0.1, -0.05) is 6.92 Å². The van der Waals surface area contributed by atoms with E-state index in [1.165, 1.54) is 0 Å². The van der Waals surface area contributed by atoms with Gasteiger partial charge in [0.05, 0.1) is 13.1 Å². The monoisotopic (exact) mass is 299 g/mol. The van der Waals surface area contributed by atoms with E-state index in [0.29, 0.717) is 26.1 Å². The van der Waals surface area contributed by atoms with Gasteiger partial charge in [0, 0.05) is 18.7 Å². The lowest BCUT2D eigenvalue weighted by molar-refractivity contribution is 0.0275. The maximum atomic E-state index is 12.1. The number of amidine groups is 1. The van der Waals surface area contributed by atoms with E-state index in [1.54, 1.807) is 4.90 Å². The highest BCUT2D eigenvalue weighted by Crippen LogP contribution is 2.15. The fourth-order valence-corrected chi connectivity index (χ4v) is 2.10. The number of ether oxygens (including phenoxy) is 1. The molecule has 122 valence electrons. The number of nitrogens with one attached hydrogen (secondary N) is 1. The van der Waals surface area contributed by atoms with Crippen LogP contribution in [0, 0.1) is 0 Å². The minimum Gasteiger partial charge on any atom is -0.444 e. The van der Waals surface area contributed by atoms with E-state index in [-0.39, 0.29) is 18.2 Å². The van der Waals surface area contributed by atoms with Crippen molar-refractivity contribution in [3.8, 4) is 0 Å². The Hall–Kier alpha value is -1.30. The third-order valence-corrected chi connectivity index (χ3v) is 3.55. The van der Waals surface area contributed by atoms with Crippen LogP contribution in [-0.2, 0) is 4.74 Å². The van der Waals surface area contributed by atoms with Gasteiger partial charge >= 0.3 is 6.09 Å². The summed E-state index contributed by atoms with van der Waals surface area (Å²) in [5.41, 5.74) is -0.696. The number of aliphatic imine (C=N–C) groups is 1. The Morgan fingerprint density at radius 1 is 1.43 bits per heavy atom. The van der Waals surface area contributed by atoms with Gasteiger partial charge in [-0.2, -0.15) is 0 Å². The molecule has 0 saturated heterocycles. The molecule has 0 aromatic carbocycles. The summed E-state index contributed by atoms with van der Waals surface area (Å²) in [6.07, 6.45) is 1.21. The van der Waals surface area contributed by atoms with E-state index in [0.717, 1.165) is 12.3 Å². The lowest BCUT2D eigenvalue weighted by Crippen LogP contribution is -2.53. The normalized spacial score (nSPS) is 18.8. The van der Waals surface area contributed by atoms with Gasteiger partial charge in [0.15, 0.2) is 0 Å². The van der Waals surface area contributed by atoms with Crippen molar-refractivity contribution in [2.75, 3.05) is 26.2 Å². The second-order valence-corrected chi connectivity index (χ2v) is 6.74. The topological polar surface area (TPSA) is 74.2 Å². The molecule has 0 aromatic rings. The summed E-state index contributed by atoms with van der Waals surface area (Å²) in [4.78, 5) is 18.2. The molecular formula is C15H29N3O3. The Balaban J connectivity index is 2.63. The van der Waals surface area contributed by atoms with Crippen LogP contribution in [0.15, 0.2) is 4.99 Å². The van der Waals surface area contributed by atoms with Gasteiger partial charge in [0.1, 0.15) is 11.4 Å². The molecule has 1 heterocycles. The largest absolute Gasteiger partial charge is 0.444 e. The highest BCUT2D eigenvalue weighted by atomic mass is 16.6. The summed E-state index contributed by atoms with van der Waals surface area (Å²) < 4.78 is 5.39. The van der Waals surface area contributed by atoms with Crippen LogP contribution in [0.2, 0.25) is 0 Å². The van der Waals surface area contributed by atoms with Crippen molar-refractivity contribution in [1.29, 1.82) is 0 Å². The van der Waals surface area contributed by atoms with Gasteiger partial charge in [-0.25, -0.2) is 4.79 Å². The standard InChI is InChI=1S/C15H29N3O3/c1-6-15(5,7-10-19)17-12-11-18(9-8-16-12)13(20)21-14(2,3)4/h19H,6-11H2,1-5H3,(H,16,17). The van der Waals surface area contributed by atoms with Crippen molar-refractivity contribution in [3.05, 3.63) is 0 Å². The Morgan fingerprint density at radius 2 is 2.10 bits per heavy atom. The first kappa shape index (κ1) is 17.8. The van der Waals surface area contributed by atoms with Gasteiger partial charge in [-0.05, 0) is 40.5 Å². The second kappa shape index (κ2) is 7.11. The van der Waals surface area contributed by atoms with Crippen molar-refractivity contribution in [2.45, 2.75) is 58.6 Å². The molecule has 6 heteroatoms. The van der Waals surface area contributed by atoms with Crippen LogP contribution in [0.25, 0.3) is 0 Å². The van der Waals surface area contributed by atoms with E-state index in [4.69, 9.17) is 9.84 Å². The van der Waals surface area contributed by atoms with Crippen molar-refractivity contribution >= 4 is 11.9 Å². The van der Waals surface area contributed by atoms with Crippen LogP contribution >= 0.6 is 0 Å². The number of aliphatic hydroxyl groups excluding tert-OH is 1. The minimum atomic E-state index is -0.492. The quantitative estimate of drug-likeness (QED) is 0.830. The molecule has 21 heavy (non-hydrogen) atoms. The second-order valence-electron chi connectivity index (χ2n) is 6.74. The van der Waals surface area contributed by atoms with Gasteiger partial charge in [-0.3, -0.25) is 9.89 Å². The van der Waals surface area contributed by atoms with Crippen molar-refractivity contribution in [1.82, 2.24) is 10.2 Å². The van der Waals surface area contributed by atoms with Gasteiger partial charge in [0.25, 0.3) is 0 Å². The van der Waals surface area contributed by atoms with Crippen LogP contribution < -0.4 is 5.32 Å². The molecule has 1 aliphatic heterocycles. The molecule has 0 aromatic heterocycles. The number of aliphatic hydroxyl groups is 1. The zero-order valence-electron chi connectivity index (χ0n) is 13.9. The number of amides is 1. The molecule has 1 amide bonds. The number of rotatable bonds is 4. The molecule has 1 unspecified atom stereocenters.